The molecule has 0 N–H and O–H groups in total. The molecule has 0 radical (unpaired) electrons. The lowest BCUT2D eigenvalue weighted by atomic mass is 10.1. The molecule has 1 unspecified atom stereocenters. The highest BCUT2D eigenvalue weighted by Gasteiger charge is 2.24. The first kappa shape index (κ1) is 11.4. The number of aromatic nitrogens is 1. The van der Waals surface area contributed by atoms with Gasteiger partial charge in [0, 0.05) is 23.5 Å². The maximum absolute atomic E-state index is 5.74. The Labute approximate surface area is 100 Å². The minimum absolute atomic E-state index is 0.743. The second kappa shape index (κ2) is 5.83. The molecule has 0 aliphatic carbocycles. The van der Waals surface area contributed by atoms with Crippen molar-refractivity contribution in [2.24, 2.45) is 0 Å². The molecule has 1 fully saturated rings. The fraction of sp³-hybridized carbons (Fsp3) is 0.727. The fourth-order valence-electron chi connectivity index (χ4n) is 2.25. The summed E-state index contributed by atoms with van der Waals surface area (Å²) >= 11 is 7.50. The van der Waals surface area contributed by atoms with Crippen molar-refractivity contribution < 1.29 is 0 Å². The monoisotopic (exact) mass is 244 g/mol. The molecule has 2 rings (SSSR count). The first-order chi connectivity index (χ1) is 7.40. The van der Waals surface area contributed by atoms with Crippen LogP contribution in [-0.4, -0.2) is 28.4 Å². The number of hydrogen-bond acceptors (Lipinski definition) is 3. The number of likely N-dealkylation sites (tertiary alicyclic amines) is 1. The van der Waals surface area contributed by atoms with Crippen LogP contribution in [0.3, 0.4) is 0 Å². The molecular formula is C11H17ClN2S. The Bertz CT molecular complexity index is 276. The average molecular weight is 245 g/mol. The Morgan fingerprint density at radius 3 is 3.27 bits per heavy atom. The SMILES string of the molecule is ClCCCC1CCCN1Cc1nccs1. The summed E-state index contributed by atoms with van der Waals surface area (Å²) in [5.74, 6) is 0.793. The van der Waals surface area contributed by atoms with Crippen molar-refractivity contribution in [2.45, 2.75) is 38.3 Å². The lowest BCUT2D eigenvalue weighted by molar-refractivity contribution is 0.233. The summed E-state index contributed by atoms with van der Waals surface area (Å²) in [6.07, 6.45) is 6.94. The van der Waals surface area contributed by atoms with Gasteiger partial charge in [0.1, 0.15) is 5.01 Å². The van der Waals surface area contributed by atoms with Gasteiger partial charge in [0.15, 0.2) is 0 Å². The first-order valence-corrected chi connectivity index (χ1v) is 7.00. The Morgan fingerprint density at radius 2 is 2.53 bits per heavy atom. The molecule has 1 atom stereocenters. The van der Waals surface area contributed by atoms with Gasteiger partial charge in [-0.1, -0.05) is 0 Å². The van der Waals surface area contributed by atoms with Crippen LogP contribution >= 0.6 is 22.9 Å². The number of thiazole rings is 1. The van der Waals surface area contributed by atoms with Gasteiger partial charge < -0.3 is 0 Å². The minimum atomic E-state index is 0.743. The van der Waals surface area contributed by atoms with Crippen molar-refractivity contribution in [1.82, 2.24) is 9.88 Å². The van der Waals surface area contributed by atoms with E-state index in [1.807, 2.05) is 6.20 Å². The highest BCUT2D eigenvalue weighted by Crippen LogP contribution is 2.24. The van der Waals surface area contributed by atoms with Crippen molar-refractivity contribution in [3.8, 4) is 0 Å². The predicted molar refractivity (Wildman–Crippen MR) is 65.5 cm³/mol. The van der Waals surface area contributed by atoms with Crippen LogP contribution in [0.2, 0.25) is 0 Å². The Hall–Kier alpha value is -0.120. The van der Waals surface area contributed by atoms with Crippen molar-refractivity contribution in [1.29, 1.82) is 0 Å². The predicted octanol–water partition coefficient (Wildman–Crippen LogP) is 3.13. The van der Waals surface area contributed by atoms with Gasteiger partial charge in [0.25, 0.3) is 0 Å². The van der Waals surface area contributed by atoms with Crippen LogP contribution in [-0.2, 0) is 6.54 Å². The lowest BCUT2D eigenvalue weighted by Gasteiger charge is -2.22. The van der Waals surface area contributed by atoms with Crippen LogP contribution in [0.4, 0.5) is 0 Å². The van der Waals surface area contributed by atoms with Crippen molar-refractivity contribution in [3.63, 3.8) is 0 Å². The molecule has 1 aliphatic heterocycles. The zero-order valence-corrected chi connectivity index (χ0v) is 10.4. The molecule has 0 amide bonds. The van der Waals surface area contributed by atoms with Gasteiger partial charge in [-0.05, 0) is 32.2 Å². The number of rotatable bonds is 5. The van der Waals surface area contributed by atoms with Crippen LogP contribution < -0.4 is 0 Å². The zero-order chi connectivity index (χ0) is 10.5. The largest absolute Gasteiger partial charge is 0.294 e. The molecule has 0 aromatic carbocycles. The van der Waals surface area contributed by atoms with Crippen molar-refractivity contribution in [3.05, 3.63) is 16.6 Å². The van der Waals surface area contributed by atoms with Crippen molar-refractivity contribution in [2.75, 3.05) is 12.4 Å². The summed E-state index contributed by atoms with van der Waals surface area (Å²) in [5, 5.41) is 3.30. The molecule has 0 spiro atoms. The molecule has 4 heteroatoms. The standard InChI is InChI=1S/C11H17ClN2S/c12-5-1-3-10-4-2-7-14(10)9-11-13-6-8-15-11/h6,8,10H,1-5,7,9H2. The Kier molecular flexibility index (Phi) is 4.42. The number of nitrogens with zero attached hydrogens (tertiary/aromatic N) is 2. The number of alkyl halides is 1. The van der Waals surface area contributed by atoms with Crippen LogP contribution in [0.1, 0.15) is 30.7 Å². The number of halogens is 1. The van der Waals surface area contributed by atoms with E-state index < -0.39 is 0 Å². The summed E-state index contributed by atoms with van der Waals surface area (Å²) in [7, 11) is 0. The summed E-state index contributed by atoms with van der Waals surface area (Å²) in [6.45, 7) is 2.26. The van der Waals surface area contributed by atoms with E-state index in [1.54, 1.807) is 11.3 Å². The lowest BCUT2D eigenvalue weighted by Crippen LogP contribution is -2.28. The Morgan fingerprint density at radius 1 is 1.60 bits per heavy atom. The van der Waals surface area contributed by atoms with E-state index in [0.29, 0.717) is 0 Å². The molecular weight excluding hydrogens is 228 g/mol. The van der Waals surface area contributed by atoms with E-state index in [4.69, 9.17) is 11.6 Å². The second-order valence-corrected chi connectivity index (χ2v) is 5.38. The Balaban J connectivity index is 1.85. The van der Waals surface area contributed by atoms with Gasteiger partial charge >= 0.3 is 0 Å². The van der Waals surface area contributed by atoms with Gasteiger partial charge in [-0.15, -0.1) is 22.9 Å². The van der Waals surface area contributed by atoms with E-state index in [-0.39, 0.29) is 0 Å². The van der Waals surface area contributed by atoms with E-state index >= 15 is 0 Å². The summed E-state index contributed by atoms with van der Waals surface area (Å²) in [5.41, 5.74) is 0. The molecule has 84 valence electrons. The van der Waals surface area contributed by atoms with Gasteiger partial charge in [-0.2, -0.15) is 0 Å². The van der Waals surface area contributed by atoms with Crippen LogP contribution in [0.5, 0.6) is 0 Å². The summed E-state index contributed by atoms with van der Waals surface area (Å²) < 4.78 is 0. The van der Waals surface area contributed by atoms with Gasteiger partial charge in [0.05, 0.1) is 6.54 Å². The molecule has 0 saturated carbocycles. The molecule has 0 bridgehead atoms. The van der Waals surface area contributed by atoms with E-state index in [9.17, 15) is 0 Å². The summed E-state index contributed by atoms with van der Waals surface area (Å²) in [4.78, 5) is 6.91. The highest BCUT2D eigenvalue weighted by atomic mass is 35.5. The van der Waals surface area contributed by atoms with Gasteiger partial charge in [-0.3, -0.25) is 4.90 Å². The molecule has 15 heavy (non-hydrogen) atoms. The number of hydrogen-bond donors (Lipinski definition) is 0. The van der Waals surface area contributed by atoms with Crippen LogP contribution in [0.15, 0.2) is 11.6 Å². The molecule has 1 aliphatic rings. The highest BCUT2D eigenvalue weighted by molar-refractivity contribution is 7.09. The minimum Gasteiger partial charge on any atom is -0.294 e. The van der Waals surface area contributed by atoms with Crippen molar-refractivity contribution >= 4 is 22.9 Å². The normalized spacial score (nSPS) is 22.3. The van der Waals surface area contributed by atoms with E-state index in [1.165, 1.54) is 30.8 Å². The fourth-order valence-corrected chi connectivity index (χ4v) is 3.04. The molecule has 2 heterocycles. The summed E-state index contributed by atoms with van der Waals surface area (Å²) in [6, 6.07) is 0.743. The van der Waals surface area contributed by atoms with Crippen LogP contribution in [0, 0.1) is 0 Å². The van der Waals surface area contributed by atoms with E-state index in [2.05, 4.69) is 15.3 Å². The average Bonchev–Trinajstić information content (AvgIpc) is 2.87. The molecule has 2 nitrogen and oxygen atoms in total. The van der Waals surface area contributed by atoms with Crippen LogP contribution in [0.25, 0.3) is 0 Å². The quantitative estimate of drug-likeness (QED) is 0.740. The maximum Gasteiger partial charge on any atom is 0.107 e. The van der Waals surface area contributed by atoms with E-state index in [0.717, 1.165) is 24.9 Å². The van der Waals surface area contributed by atoms with Gasteiger partial charge in [0.2, 0.25) is 0 Å². The maximum atomic E-state index is 5.74. The molecule has 1 saturated heterocycles. The third-order valence-electron chi connectivity index (χ3n) is 2.99. The third-order valence-corrected chi connectivity index (χ3v) is 4.02. The smallest absolute Gasteiger partial charge is 0.107 e. The topological polar surface area (TPSA) is 16.1 Å². The van der Waals surface area contributed by atoms with Gasteiger partial charge in [-0.25, -0.2) is 4.98 Å². The first-order valence-electron chi connectivity index (χ1n) is 5.58. The third kappa shape index (κ3) is 3.16. The zero-order valence-electron chi connectivity index (χ0n) is 8.86. The molecule has 1 aromatic rings. The second-order valence-electron chi connectivity index (χ2n) is 4.02. The molecule has 1 aromatic heterocycles.